The Kier molecular flexibility index (Phi) is 5.27. The van der Waals surface area contributed by atoms with Crippen LogP contribution in [-0.2, 0) is 14.3 Å². The minimum absolute atomic E-state index is 0.0608. The van der Waals surface area contributed by atoms with E-state index in [0.29, 0.717) is 18.5 Å². The number of nitrogens with one attached hydrogen (secondary N) is 1. The summed E-state index contributed by atoms with van der Waals surface area (Å²) in [5.41, 5.74) is 8.44. The van der Waals surface area contributed by atoms with Crippen molar-refractivity contribution in [3.05, 3.63) is 30.1 Å². The van der Waals surface area contributed by atoms with Crippen molar-refractivity contribution < 1.29 is 17.0 Å². The summed E-state index contributed by atoms with van der Waals surface area (Å²) in [6.07, 6.45) is 1.16. The van der Waals surface area contributed by atoms with Crippen molar-refractivity contribution in [2.24, 2.45) is 21.0 Å². The summed E-state index contributed by atoms with van der Waals surface area (Å²) in [7, 11) is -3.80. The van der Waals surface area contributed by atoms with Gasteiger partial charge >= 0.3 is 10.1 Å². The van der Waals surface area contributed by atoms with Gasteiger partial charge in [-0.05, 0) is 24.6 Å². The molecule has 1 aromatic carbocycles. The van der Waals surface area contributed by atoms with Gasteiger partial charge in [0.25, 0.3) is 5.90 Å². The van der Waals surface area contributed by atoms with E-state index in [1.807, 2.05) is 6.92 Å². The van der Waals surface area contributed by atoms with Crippen LogP contribution in [0.15, 0.2) is 39.6 Å². The summed E-state index contributed by atoms with van der Waals surface area (Å²) >= 11 is 0. The Hall–Kier alpha value is -2.49. The van der Waals surface area contributed by atoms with Crippen molar-refractivity contribution in [3.8, 4) is 0 Å². The molecular formula is C13H16FN5O3S. The van der Waals surface area contributed by atoms with Crippen molar-refractivity contribution in [1.82, 2.24) is 0 Å². The number of hydrogen-bond donors (Lipinski definition) is 2. The number of rotatable bonds is 6. The van der Waals surface area contributed by atoms with E-state index >= 15 is 0 Å². The molecule has 0 spiro atoms. The van der Waals surface area contributed by atoms with E-state index in [2.05, 4.69) is 20.7 Å². The van der Waals surface area contributed by atoms with Crippen LogP contribution in [-0.4, -0.2) is 31.6 Å². The van der Waals surface area contributed by atoms with Crippen molar-refractivity contribution >= 4 is 33.3 Å². The molecule has 0 saturated heterocycles. The maximum Gasteiger partial charge on any atom is 0.310 e. The average molecular weight is 341 g/mol. The summed E-state index contributed by atoms with van der Waals surface area (Å²) in [6.45, 7) is 1.86. The molecule has 0 saturated carbocycles. The lowest BCUT2D eigenvalue weighted by Crippen LogP contribution is -2.31. The molecule has 1 heterocycles. The average Bonchev–Trinajstić information content (AvgIpc) is 2.83. The molecule has 0 aromatic heterocycles. The third-order valence-electron chi connectivity index (χ3n) is 2.77. The Bertz CT molecular complexity index is 774. The fourth-order valence-electron chi connectivity index (χ4n) is 1.63. The predicted octanol–water partition coefficient (Wildman–Crippen LogP) is 1.42. The lowest BCUT2D eigenvalue weighted by Gasteiger charge is -2.07. The van der Waals surface area contributed by atoms with Crippen molar-refractivity contribution in [2.75, 3.05) is 11.2 Å². The fraction of sp³-hybridized carbons (Fsp3) is 0.308. The smallest absolute Gasteiger partial charge is 0.310 e. The first-order chi connectivity index (χ1) is 10.9. The Morgan fingerprint density at radius 1 is 1.39 bits per heavy atom. The third kappa shape index (κ3) is 4.74. The quantitative estimate of drug-likeness (QED) is 0.599. The van der Waals surface area contributed by atoms with Gasteiger partial charge in [0.05, 0.1) is 11.4 Å². The predicted molar refractivity (Wildman–Crippen MR) is 86.3 cm³/mol. The number of hydrazone groups is 1. The molecule has 3 N–H and O–H groups in total. The highest BCUT2D eigenvalue weighted by atomic mass is 32.2. The van der Waals surface area contributed by atoms with Crippen LogP contribution in [0.4, 0.5) is 10.1 Å². The fourth-order valence-corrected chi connectivity index (χ4v) is 2.70. The number of unbranched alkanes of at least 4 members (excludes halogenated alkanes) is 1. The first kappa shape index (κ1) is 16.9. The van der Waals surface area contributed by atoms with Crippen molar-refractivity contribution in [1.29, 1.82) is 0 Å². The Morgan fingerprint density at radius 2 is 2.17 bits per heavy atom. The van der Waals surface area contributed by atoms with E-state index in [-0.39, 0.29) is 23.2 Å². The van der Waals surface area contributed by atoms with Crippen LogP contribution in [0.2, 0.25) is 0 Å². The van der Waals surface area contributed by atoms with Crippen LogP contribution in [0.25, 0.3) is 0 Å². The molecule has 1 aromatic rings. The van der Waals surface area contributed by atoms with Crippen LogP contribution < -0.4 is 11.2 Å². The highest BCUT2D eigenvalue weighted by molar-refractivity contribution is 7.87. The minimum Gasteiger partial charge on any atom is -0.380 e. The zero-order valence-electron chi connectivity index (χ0n) is 12.4. The topological polar surface area (TPSA) is 118 Å². The summed E-state index contributed by atoms with van der Waals surface area (Å²) in [5, 5.41) is 11.0. The molecule has 1 aliphatic heterocycles. The molecule has 0 fully saturated rings. The van der Waals surface area contributed by atoms with Crippen LogP contribution in [0.1, 0.15) is 19.8 Å². The molecule has 0 atom stereocenters. The molecule has 0 aliphatic carbocycles. The summed E-state index contributed by atoms with van der Waals surface area (Å²) < 4.78 is 41.6. The molecule has 8 nitrogen and oxygen atoms in total. The second-order valence-corrected chi connectivity index (χ2v) is 6.36. The molecule has 2 rings (SSSR count). The monoisotopic (exact) mass is 341 g/mol. The summed E-state index contributed by atoms with van der Waals surface area (Å²) in [6, 6.07) is 5.55. The van der Waals surface area contributed by atoms with Gasteiger partial charge in [-0.1, -0.05) is 19.4 Å². The number of anilines is 1. The van der Waals surface area contributed by atoms with E-state index in [9.17, 15) is 12.8 Å². The zero-order valence-corrected chi connectivity index (χ0v) is 13.2. The van der Waals surface area contributed by atoms with Crippen LogP contribution in [0.5, 0.6) is 0 Å². The van der Waals surface area contributed by atoms with Gasteiger partial charge in [0.1, 0.15) is 5.82 Å². The SMILES string of the molecule is CCCCS(=O)(=O)OC1=NN=C(N)C1=NNc1cccc(F)c1. The number of hydrogen-bond acceptors (Lipinski definition) is 8. The molecule has 0 radical (unpaired) electrons. The van der Waals surface area contributed by atoms with Gasteiger partial charge in [-0.2, -0.15) is 13.5 Å². The normalized spacial score (nSPS) is 16.2. The maximum atomic E-state index is 13.1. The van der Waals surface area contributed by atoms with Gasteiger partial charge < -0.3 is 9.92 Å². The number of halogens is 1. The van der Waals surface area contributed by atoms with Gasteiger partial charge in [0.15, 0.2) is 11.5 Å². The van der Waals surface area contributed by atoms with E-state index < -0.39 is 15.9 Å². The number of benzene rings is 1. The highest BCUT2D eigenvalue weighted by Gasteiger charge is 2.27. The molecular weight excluding hydrogens is 325 g/mol. The van der Waals surface area contributed by atoms with Crippen LogP contribution >= 0.6 is 0 Å². The summed E-state index contributed by atoms with van der Waals surface area (Å²) in [5.74, 6) is -1.01. The second kappa shape index (κ2) is 7.18. The Morgan fingerprint density at radius 3 is 2.87 bits per heavy atom. The van der Waals surface area contributed by atoms with Gasteiger partial charge in [0.2, 0.25) is 0 Å². The first-order valence-electron chi connectivity index (χ1n) is 6.84. The molecule has 10 heteroatoms. The van der Waals surface area contributed by atoms with E-state index in [0.717, 1.165) is 0 Å². The molecule has 1 aliphatic rings. The number of nitrogens with two attached hydrogens (primary N) is 1. The van der Waals surface area contributed by atoms with Crippen LogP contribution in [0.3, 0.4) is 0 Å². The van der Waals surface area contributed by atoms with Crippen molar-refractivity contribution in [3.63, 3.8) is 0 Å². The maximum absolute atomic E-state index is 13.1. The van der Waals surface area contributed by atoms with E-state index in [1.165, 1.54) is 18.2 Å². The lowest BCUT2D eigenvalue weighted by molar-refractivity contribution is 0.483. The van der Waals surface area contributed by atoms with E-state index in [1.54, 1.807) is 6.07 Å². The highest BCUT2D eigenvalue weighted by Crippen LogP contribution is 2.11. The van der Waals surface area contributed by atoms with Crippen LogP contribution in [0, 0.1) is 5.82 Å². The largest absolute Gasteiger partial charge is 0.380 e. The van der Waals surface area contributed by atoms with E-state index in [4.69, 9.17) is 9.92 Å². The molecule has 23 heavy (non-hydrogen) atoms. The van der Waals surface area contributed by atoms with Gasteiger partial charge in [0, 0.05) is 0 Å². The second-order valence-electron chi connectivity index (χ2n) is 4.67. The summed E-state index contributed by atoms with van der Waals surface area (Å²) in [4.78, 5) is 0. The van der Waals surface area contributed by atoms with Gasteiger partial charge in [-0.3, -0.25) is 5.43 Å². The Labute approximate surface area is 133 Å². The Balaban J connectivity index is 2.11. The molecule has 124 valence electrons. The lowest BCUT2D eigenvalue weighted by atomic mass is 10.3. The minimum atomic E-state index is -3.80. The zero-order chi connectivity index (χ0) is 16.9. The molecule has 0 unspecified atom stereocenters. The van der Waals surface area contributed by atoms with Crippen molar-refractivity contribution in [2.45, 2.75) is 19.8 Å². The standard InChI is InChI=1S/C13H16FN5O3S/c1-2-3-7-23(20,21)22-13-11(12(15)18-19-13)17-16-10-6-4-5-9(14)8-10/h4-6,8,16H,2-3,7H2,1H3,(H2,15,17,18). The molecule has 0 amide bonds. The molecule has 0 bridgehead atoms. The van der Waals surface area contributed by atoms with Gasteiger partial charge in [-0.25, -0.2) is 4.39 Å². The first-order valence-corrected chi connectivity index (χ1v) is 8.42. The number of amidine groups is 1. The third-order valence-corrected chi connectivity index (χ3v) is 3.97. The number of nitrogens with zero attached hydrogens (tertiary/aromatic N) is 3. The van der Waals surface area contributed by atoms with Gasteiger partial charge in [-0.15, -0.1) is 10.2 Å².